The average molecular weight is 394 g/mol. The van der Waals surface area contributed by atoms with Crippen molar-refractivity contribution in [2.45, 2.75) is 18.9 Å². The van der Waals surface area contributed by atoms with Crippen molar-refractivity contribution in [3.05, 3.63) is 53.6 Å². The molecule has 0 N–H and O–H groups in total. The number of benzene rings is 2. The number of fused-ring (bicyclic) bond motifs is 2. The average Bonchev–Trinajstić information content (AvgIpc) is 3.26. The number of hydrogen-bond donors (Lipinski definition) is 0. The molecule has 3 aliphatic heterocycles. The molecule has 3 heterocycles. The highest BCUT2D eigenvalue weighted by Gasteiger charge is 2.32. The molecule has 2 aromatic rings. The molecule has 1 fully saturated rings. The van der Waals surface area contributed by atoms with Crippen molar-refractivity contribution in [2.75, 3.05) is 33.0 Å². The third-order valence-corrected chi connectivity index (χ3v) is 5.69. The molecule has 0 radical (unpaired) electrons. The minimum absolute atomic E-state index is 0.00896. The lowest BCUT2D eigenvalue weighted by Crippen LogP contribution is -2.54. The molecule has 0 saturated carbocycles. The second-order valence-corrected chi connectivity index (χ2v) is 7.44. The zero-order valence-electron chi connectivity index (χ0n) is 16.0. The molecule has 5 rings (SSSR count). The fraction of sp³-hybridized carbons (Fsp3) is 0.364. The van der Waals surface area contributed by atoms with Gasteiger partial charge < -0.3 is 24.0 Å². The van der Waals surface area contributed by atoms with Crippen LogP contribution in [0.1, 0.15) is 22.3 Å². The van der Waals surface area contributed by atoms with Gasteiger partial charge in [-0.15, -0.1) is 0 Å². The van der Waals surface area contributed by atoms with E-state index in [0.717, 1.165) is 17.7 Å². The van der Waals surface area contributed by atoms with E-state index in [-0.39, 0.29) is 18.6 Å². The number of ether oxygens (including phenoxy) is 3. The molecule has 7 nitrogen and oxygen atoms in total. The minimum atomic E-state index is -0.444. The first-order valence-electron chi connectivity index (χ1n) is 9.91. The molecule has 0 aromatic heterocycles. The smallest absolute Gasteiger partial charge is 0.263 e. The van der Waals surface area contributed by atoms with Crippen LogP contribution in [0.2, 0.25) is 0 Å². The molecule has 2 aromatic carbocycles. The number of carbonyl (C=O) groups is 2. The lowest BCUT2D eigenvalue weighted by atomic mass is 10.0. The molecular weight excluding hydrogens is 372 g/mol. The van der Waals surface area contributed by atoms with Crippen LogP contribution in [-0.2, 0) is 11.2 Å². The summed E-state index contributed by atoms with van der Waals surface area (Å²) in [5, 5.41) is 0. The van der Waals surface area contributed by atoms with Gasteiger partial charge in [0.05, 0.1) is 0 Å². The van der Waals surface area contributed by atoms with Crippen LogP contribution in [0.25, 0.3) is 0 Å². The van der Waals surface area contributed by atoms with Gasteiger partial charge in [-0.25, -0.2) is 0 Å². The third-order valence-electron chi connectivity index (χ3n) is 5.69. The maximum atomic E-state index is 12.9. The van der Waals surface area contributed by atoms with E-state index in [0.29, 0.717) is 49.7 Å². The summed E-state index contributed by atoms with van der Waals surface area (Å²) in [6.45, 7) is 2.21. The van der Waals surface area contributed by atoms with E-state index < -0.39 is 6.10 Å². The third kappa shape index (κ3) is 3.37. The lowest BCUT2D eigenvalue weighted by Gasteiger charge is -2.37. The van der Waals surface area contributed by atoms with Crippen LogP contribution < -0.4 is 14.2 Å². The van der Waals surface area contributed by atoms with Gasteiger partial charge in [0, 0.05) is 31.7 Å². The van der Waals surface area contributed by atoms with E-state index in [4.69, 9.17) is 14.2 Å². The predicted molar refractivity (Wildman–Crippen MR) is 104 cm³/mol. The number of rotatable bonds is 2. The number of piperazine rings is 1. The van der Waals surface area contributed by atoms with E-state index >= 15 is 0 Å². The first kappa shape index (κ1) is 17.8. The monoisotopic (exact) mass is 394 g/mol. The molecule has 0 spiro atoms. The molecule has 1 unspecified atom stereocenters. The fourth-order valence-electron chi connectivity index (χ4n) is 4.04. The summed E-state index contributed by atoms with van der Waals surface area (Å²) in [5.74, 6) is 2.01. The molecule has 150 valence electrons. The lowest BCUT2D eigenvalue weighted by molar-refractivity contribution is -0.141. The van der Waals surface area contributed by atoms with Crippen molar-refractivity contribution in [3.8, 4) is 17.2 Å². The Balaban J connectivity index is 1.19. The Hall–Kier alpha value is -3.22. The maximum Gasteiger partial charge on any atom is 0.263 e. The molecule has 1 atom stereocenters. The van der Waals surface area contributed by atoms with Crippen LogP contribution in [0.15, 0.2) is 42.5 Å². The molecule has 1 saturated heterocycles. The molecule has 0 aliphatic carbocycles. The quantitative estimate of drug-likeness (QED) is 0.780. The van der Waals surface area contributed by atoms with Gasteiger partial charge in [0.1, 0.15) is 5.75 Å². The fourth-order valence-corrected chi connectivity index (χ4v) is 4.04. The van der Waals surface area contributed by atoms with E-state index in [1.807, 2.05) is 29.2 Å². The number of nitrogens with zero attached hydrogens (tertiary/aromatic N) is 2. The van der Waals surface area contributed by atoms with Crippen LogP contribution >= 0.6 is 0 Å². The largest absolute Gasteiger partial charge is 0.480 e. The Bertz CT molecular complexity index is 952. The van der Waals surface area contributed by atoms with Crippen molar-refractivity contribution < 1.29 is 23.8 Å². The highest BCUT2D eigenvalue weighted by molar-refractivity contribution is 5.95. The Morgan fingerprint density at radius 2 is 1.62 bits per heavy atom. The van der Waals surface area contributed by atoms with Crippen LogP contribution in [0.4, 0.5) is 0 Å². The van der Waals surface area contributed by atoms with Crippen molar-refractivity contribution in [1.29, 1.82) is 0 Å². The zero-order valence-corrected chi connectivity index (χ0v) is 16.0. The second kappa shape index (κ2) is 7.31. The van der Waals surface area contributed by atoms with Crippen LogP contribution in [0, 0.1) is 0 Å². The van der Waals surface area contributed by atoms with Crippen LogP contribution in [0.5, 0.6) is 17.2 Å². The van der Waals surface area contributed by atoms with Crippen molar-refractivity contribution in [1.82, 2.24) is 9.80 Å². The molecular formula is C22H22N2O5. The van der Waals surface area contributed by atoms with Gasteiger partial charge in [0.2, 0.25) is 6.79 Å². The summed E-state index contributed by atoms with van der Waals surface area (Å²) in [6.07, 6.45) is 1.09. The van der Waals surface area contributed by atoms with E-state index in [1.54, 1.807) is 23.1 Å². The first-order chi connectivity index (χ1) is 14.2. The van der Waals surface area contributed by atoms with Crippen LogP contribution in [-0.4, -0.2) is 60.7 Å². The highest BCUT2D eigenvalue weighted by Crippen LogP contribution is 2.33. The Morgan fingerprint density at radius 3 is 2.48 bits per heavy atom. The minimum Gasteiger partial charge on any atom is -0.480 e. The van der Waals surface area contributed by atoms with E-state index in [2.05, 4.69) is 0 Å². The van der Waals surface area contributed by atoms with Gasteiger partial charge in [0.25, 0.3) is 11.8 Å². The summed E-state index contributed by atoms with van der Waals surface area (Å²) in [4.78, 5) is 29.3. The predicted octanol–water partition coefficient (Wildman–Crippen LogP) is 2.09. The Kier molecular flexibility index (Phi) is 4.50. The molecule has 3 aliphatic rings. The SMILES string of the molecule is O=C(c1ccc2c(c1)OCO2)N1CCN(C(=O)C2CCc3ccccc3O2)CC1. The van der Waals surface area contributed by atoms with Gasteiger partial charge in [-0.2, -0.15) is 0 Å². The molecule has 29 heavy (non-hydrogen) atoms. The normalized spacial score (nSPS) is 20.1. The number of carbonyl (C=O) groups excluding carboxylic acids is 2. The van der Waals surface area contributed by atoms with Crippen molar-refractivity contribution >= 4 is 11.8 Å². The number of aryl methyl sites for hydroxylation is 1. The van der Waals surface area contributed by atoms with Crippen molar-refractivity contribution in [2.24, 2.45) is 0 Å². The molecule has 2 amide bonds. The second-order valence-electron chi connectivity index (χ2n) is 7.44. The zero-order chi connectivity index (χ0) is 19.8. The van der Waals surface area contributed by atoms with Gasteiger partial charge in [0.15, 0.2) is 17.6 Å². The van der Waals surface area contributed by atoms with Crippen LogP contribution in [0.3, 0.4) is 0 Å². The van der Waals surface area contributed by atoms with E-state index in [9.17, 15) is 9.59 Å². The Labute approximate surface area is 168 Å². The molecule has 0 bridgehead atoms. The van der Waals surface area contributed by atoms with Gasteiger partial charge in [-0.05, 0) is 42.7 Å². The summed E-state index contributed by atoms with van der Waals surface area (Å²) >= 11 is 0. The van der Waals surface area contributed by atoms with Gasteiger partial charge in [-0.3, -0.25) is 9.59 Å². The molecule has 7 heteroatoms. The summed E-state index contributed by atoms with van der Waals surface area (Å²) in [7, 11) is 0. The van der Waals surface area contributed by atoms with E-state index in [1.165, 1.54) is 0 Å². The van der Waals surface area contributed by atoms with Crippen molar-refractivity contribution in [3.63, 3.8) is 0 Å². The first-order valence-corrected chi connectivity index (χ1v) is 9.91. The number of hydrogen-bond acceptors (Lipinski definition) is 5. The maximum absolute atomic E-state index is 12.9. The van der Waals surface area contributed by atoms with Gasteiger partial charge in [-0.1, -0.05) is 18.2 Å². The summed E-state index contributed by atoms with van der Waals surface area (Å²) < 4.78 is 16.6. The summed E-state index contributed by atoms with van der Waals surface area (Å²) in [6, 6.07) is 13.1. The van der Waals surface area contributed by atoms with Gasteiger partial charge >= 0.3 is 0 Å². The topological polar surface area (TPSA) is 68.3 Å². The summed E-state index contributed by atoms with van der Waals surface area (Å²) in [5.41, 5.74) is 1.72. The number of para-hydroxylation sites is 1. The Morgan fingerprint density at radius 1 is 0.862 bits per heavy atom. The standard InChI is InChI=1S/C22H22N2O5/c25-21(16-6-7-18-20(13-16)28-14-27-18)23-9-11-24(12-10-23)22(26)19-8-5-15-3-1-2-4-17(15)29-19/h1-4,6-7,13,19H,5,8-12,14H2. The number of amides is 2. The highest BCUT2D eigenvalue weighted by atomic mass is 16.7.